The Morgan fingerprint density at radius 2 is 2.24 bits per heavy atom. The second-order valence-electron chi connectivity index (χ2n) is 4.77. The summed E-state index contributed by atoms with van der Waals surface area (Å²) in [6.07, 6.45) is 1.54. The number of nitrogens with zero attached hydrogens (tertiary/aromatic N) is 1. The third-order valence-corrected chi connectivity index (χ3v) is 4.98. The molecular formula is C14H15ClFNO3S. The summed E-state index contributed by atoms with van der Waals surface area (Å²) in [7, 11) is 0. The summed E-state index contributed by atoms with van der Waals surface area (Å²) in [5.41, 5.74) is 0.117. The number of benzene rings is 1. The van der Waals surface area contributed by atoms with Gasteiger partial charge in [-0.2, -0.15) is 0 Å². The van der Waals surface area contributed by atoms with Gasteiger partial charge in [-0.15, -0.1) is 11.8 Å². The lowest BCUT2D eigenvalue weighted by molar-refractivity contribution is -0.141. The van der Waals surface area contributed by atoms with Gasteiger partial charge in [-0.25, -0.2) is 9.18 Å². The van der Waals surface area contributed by atoms with Crippen molar-refractivity contribution in [1.82, 2.24) is 4.90 Å². The van der Waals surface area contributed by atoms with Gasteiger partial charge in [0.1, 0.15) is 11.9 Å². The molecule has 0 aromatic heterocycles. The minimum atomic E-state index is -1.04. The molecule has 0 saturated carbocycles. The minimum Gasteiger partial charge on any atom is -0.480 e. The highest BCUT2D eigenvalue weighted by Crippen LogP contribution is 2.33. The second kappa shape index (κ2) is 6.66. The van der Waals surface area contributed by atoms with E-state index in [-0.39, 0.29) is 16.0 Å². The number of aliphatic carboxylic acids is 1. The van der Waals surface area contributed by atoms with Crippen LogP contribution in [0.3, 0.4) is 0 Å². The molecule has 1 heterocycles. The fourth-order valence-electron chi connectivity index (χ4n) is 2.27. The number of amides is 1. The maximum atomic E-state index is 13.5. The molecule has 7 heteroatoms. The van der Waals surface area contributed by atoms with Crippen LogP contribution in [0.25, 0.3) is 0 Å². The standard InChI is InChI=1S/C14H15ClFNO3S/c1-2-3-12-17(11(7-21-12)14(19)20)13(18)8-4-5-9(15)10(16)6-8/h4-6,11-12H,2-3,7H2,1H3,(H,19,20). The van der Waals surface area contributed by atoms with Crippen LogP contribution in [0.1, 0.15) is 30.1 Å². The van der Waals surface area contributed by atoms with Gasteiger partial charge in [0.15, 0.2) is 0 Å². The highest BCUT2D eigenvalue weighted by atomic mass is 35.5. The van der Waals surface area contributed by atoms with E-state index in [4.69, 9.17) is 11.6 Å². The van der Waals surface area contributed by atoms with E-state index >= 15 is 0 Å². The van der Waals surface area contributed by atoms with Crippen LogP contribution in [-0.2, 0) is 4.79 Å². The molecule has 1 aliphatic rings. The third-order valence-electron chi connectivity index (χ3n) is 3.31. The number of carboxylic acids is 1. The quantitative estimate of drug-likeness (QED) is 0.920. The molecule has 0 aliphatic carbocycles. The number of carbonyl (C=O) groups is 2. The monoisotopic (exact) mass is 331 g/mol. The first-order chi connectivity index (χ1) is 9.95. The summed E-state index contributed by atoms with van der Waals surface area (Å²) in [5.74, 6) is -1.85. The molecule has 1 aromatic carbocycles. The molecule has 21 heavy (non-hydrogen) atoms. The van der Waals surface area contributed by atoms with E-state index in [9.17, 15) is 19.1 Å². The van der Waals surface area contributed by atoms with Crippen molar-refractivity contribution in [3.8, 4) is 0 Å². The second-order valence-corrected chi connectivity index (χ2v) is 6.39. The summed E-state index contributed by atoms with van der Waals surface area (Å²) < 4.78 is 13.5. The molecule has 1 aliphatic heterocycles. The van der Waals surface area contributed by atoms with Crippen molar-refractivity contribution in [2.75, 3.05) is 5.75 Å². The molecule has 1 N–H and O–H groups in total. The van der Waals surface area contributed by atoms with E-state index < -0.39 is 23.7 Å². The van der Waals surface area contributed by atoms with Crippen LogP contribution in [0, 0.1) is 5.82 Å². The number of hydrogen-bond donors (Lipinski definition) is 1. The molecule has 1 fully saturated rings. The van der Waals surface area contributed by atoms with Crippen LogP contribution in [0.15, 0.2) is 18.2 Å². The number of halogens is 2. The lowest BCUT2D eigenvalue weighted by Crippen LogP contribution is -2.45. The number of carbonyl (C=O) groups excluding carboxylic acids is 1. The Balaban J connectivity index is 2.31. The molecule has 2 atom stereocenters. The third kappa shape index (κ3) is 3.32. The summed E-state index contributed by atoms with van der Waals surface area (Å²) in [5, 5.41) is 9.00. The lowest BCUT2D eigenvalue weighted by atomic mass is 10.1. The van der Waals surface area contributed by atoms with Crippen molar-refractivity contribution in [3.05, 3.63) is 34.6 Å². The van der Waals surface area contributed by atoms with E-state index in [1.54, 1.807) is 0 Å². The van der Waals surface area contributed by atoms with Crippen molar-refractivity contribution in [3.63, 3.8) is 0 Å². The Labute approximate surface area is 131 Å². The maximum Gasteiger partial charge on any atom is 0.327 e. The van der Waals surface area contributed by atoms with Gasteiger partial charge in [-0.3, -0.25) is 4.79 Å². The van der Waals surface area contributed by atoms with Crippen molar-refractivity contribution in [2.45, 2.75) is 31.2 Å². The zero-order valence-electron chi connectivity index (χ0n) is 11.4. The van der Waals surface area contributed by atoms with Crippen molar-refractivity contribution < 1.29 is 19.1 Å². The molecule has 2 rings (SSSR count). The van der Waals surface area contributed by atoms with Gasteiger partial charge >= 0.3 is 5.97 Å². The minimum absolute atomic E-state index is 0.0674. The maximum absolute atomic E-state index is 13.5. The first kappa shape index (κ1) is 16.1. The molecule has 114 valence electrons. The fraction of sp³-hybridized carbons (Fsp3) is 0.429. The van der Waals surface area contributed by atoms with Crippen LogP contribution in [0.5, 0.6) is 0 Å². The lowest BCUT2D eigenvalue weighted by Gasteiger charge is -2.27. The normalized spacial score (nSPS) is 21.6. The average Bonchev–Trinajstić information content (AvgIpc) is 2.85. The molecule has 2 unspecified atom stereocenters. The summed E-state index contributed by atoms with van der Waals surface area (Å²) in [4.78, 5) is 25.2. The highest BCUT2D eigenvalue weighted by molar-refractivity contribution is 8.00. The number of thioether (sulfide) groups is 1. The van der Waals surface area contributed by atoms with Gasteiger partial charge < -0.3 is 10.0 Å². The Hall–Kier alpha value is -1.27. The van der Waals surface area contributed by atoms with Crippen LogP contribution < -0.4 is 0 Å². The van der Waals surface area contributed by atoms with Gasteiger partial charge in [-0.1, -0.05) is 24.9 Å². The van der Waals surface area contributed by atoms with Crippen molar-refractivity contribution >= 4 is 35.2 Å². The van der Waals surface area contributed by atoms with Crippen LogP contribution >= 0.6 is 23.4 Å². The predicted molar refractivity (Wildman–Crippen MR) is 80.2 cm³/mol. The van der Waals surface area contributed by atoms with Gasteiger partial charge in [0.05, 0.1) is 10.4 Å². The predicted octanol–water partition coefficient (Wildman–Crippen LogP) is 3.25. The molecule has 0 bridgehead atoms. The summed E-state index contributed by atoms with van der Waals surface area (Å²) >= 11 is 7.05. The van der Waals surface area contributed by atoms with E-state index in [0.29, 0.717) is 12.2 Å². The SMILES string of the molecule is CCCC1SCC(C(=O)O)N1C(=O)c1ccc(Cl)c(F)c1. The number of hydrogen-bond acceptors (Lipinski definition) is 3. The number of rotatable bonds is 4. The average molecular weight is 332 g/mol. The Bertz CT molecular complexity index is 569. The first-order valence-corrected chi connectivity index (χ1v) is 8.00. The van der Waals surface area contributed by atoms with Crippen LogP contribution in [0.4, 0.5) is 4.39 Å². The van der Waals surface area contributed by atoms with Crippen LogP contribution in [-0.4, -0.2) is 39.1 Å². The molecule has 1 aromatic rings. The largest absolute Gasteiger partial charge is 0.480 e. The van der Waals surface area contributed by atoms with Crippen molar-refractivity contribution in [2.24, 2.45) is 0 Å². The zero-order valence-corrected chi connectivity index (χ0v) is 13.0. The molecular weight excluding hydrogens is 317 g/mol. The summed E-state index contributed by atoms with van der Waals surface area (Å²) in [6.45, 7) is 1.97. The molecule has 0 spiro atoms. The van der Waals surface area contributed by atoms with Crippen molar-refractivity contribution in [1.29, 1.82) is 0 Å². The van der Waals surface area contributed by atoms with E-state index in [0.717, 1.165) is 12.5 Å². The Kier molecular flexibility index (Phi) is 5.11. The molecule has 0 radical (unpaired) electrons. The van der Waals surface area contributed by atoms with Gasteiger partial charge in [0.2, 0.25) is 0 Å². The van der Waals surface area contributed by atoms with Gasteiger partial charge in [-0.05, 0) is 24.6 Å². The topological polar surface area (TPSA) is 57.6 Å². The van der Waals surface area contributed by atoms with E-state index in [1.165, 1.54) is 28.8 Å². The molecule has 1 amide bonds. The van der Waals surface area contributed by atoms with E-state index in [1.807, 2.05) is 6.92 Å². The molecule has 1 saturated heterocycles. The van der Waals surface area contributed by atoms with E-state index in [2.05, 4.69) is 0 Å². The molecule has 4 nitrogen and oxygen atoms in total. The fourth-order valence-corrected chi connectivity index (χ4v) is 3.90. The Morgan fingerprint density at radius 1 is 1.52 bits per heavy atom. The van der Waals surface area contributed by atoms with Gasteiger partial charge in [0, 0.05) is 11.3 Å². The smallest absolute Gasteiger partial charge is 0.327 e. The summed E-state index contributed by atoms with van der Waals surface area (Å²) in [6, 6.07) is 2.89. The zero-order chi connectivity index (χ0) is 15.6. The first-order valence-electron chi connectivity index (χ1n) is 6.57. The Morgan fingerprint density at radius 3 is 2.81 bits per heavy atom. The van der Waals surface area contributed by atoms with Crippen LogP contribution in [0.2, 0.25) is 5.02 Å². The van der Waals surface area contributed by atoms with Gasteiger partial charge in [0.25, 0.3) is 5.91 Å². The number of carboxylic acid groups (broad SMARTS) is 1. The highest BCUT2D eigenvalue weighted by Gasteiger charge is 2.41.